The molecule has 6 heteroatoms. The van der Waals surface area contributed by atoms with E-state index in [2.05, 4.69) is 12.2 Å². The molecule has 0 aliphatic carbocycles. The highest BCUT2D eigenvalue weighted by atomic mass is 16.4. The van der Waals surface area contributed by atoms with Crippen LogP contribution in [0.25, 0.3) is 0 Å². The fourth-order valence-corrected chi connectivity index (χ4v) is 1.85. The molecule has 0 aromatic carbocycles. The maximum atomic E-state index is 11.8. The third kappa shape index (κ3) is 8.50. The second-order valence-corrected chi connectivity index (χ2v) is 5.08. The number of carboxylic acid groups (broad SMARTS) is 2. The fourth-order valence-electron chi connectivity index (χ4n) is 1.85. The summed E-state index contributed by atoms with van der Waals surface area (Å²) >= 11 is 0. The number of carbonyl (C=O) groups is 3. The zero-order valence-corrected chi connectivity index (χ0v) is 12.2. The first-order valence-electron chi connectivity index (χ1n) is 7.13. The molecular formula is C14H25NO5. The van der Waals surface area contributed by atoms with Gasteiger partial charge in [0, 0.05) is 12.3 Å². The third-order valence-corrected chi connectivity index (χ3v) is 3.20. The molecule has 0 aromatic rings. The second kappa shape index (κ2) is 10.2. The molecule has 6 nitrogen and oxygen atoms in total. The Bertz CT molecular complexity index is 330. The van der Waals surface area contributed by atoms with Gasteiger partial charge in [-0.05, 0) is 12.8 Å². The zero-order valence-electron chi connectivity index (χ0n) is 12.2. The minimum Gasteiger partial charge on any atom is -0.481 e. The lowest BCUT2D eigenvalue weighted by Gasteiger charge is -2.17. The van der Waals surface area contributed by atoms with Crippen LogP contribution in [0.15, 0.2) is 0 Å². The molecule has 0 aromatic heterocycles. The Kier molecular flexibility index (Phi) is 9.41. The van der Waals surface area contributed by atoms with Crippen LogP contribution in [-0.4, -0.2) is 34.1 Å². The molecule has 0 rings (SSSR count). The van der Waals surface area contributed by atoms with Crippen LogP contribution in [0.2, 0.25) is 0 Å². The van der Waals surface area contributed by atoms with Crippen molar-refractivity contribution in [2.24, 2.45) is 5.92 Å². The van der Waals surface area contributed by atoms with Gasteiger partial charge in [-0.25, -0.2) is 4.79 Å². The molecule has 3 N–H and O–H groups in total. The van der Waals surface area contributed by atoms with Gasteiger partial charge >= 0.3 is 11.9 Å². The molecule has 0 aliphatic rings. The van der Waals surface area contributed by atoms with Crippen LogP contribution in [0.5, 0.6) is 0 Å². The number of amides is 1. The molecule has 0 saturated heterocycles. The van der Waals surface area contributed by atoms with Crippen molar-refractivity contribution in [3.05, 3.63) is 0 Å². The van der Waals surface area contributed by atoms with Gasteiger partial charge in [-0.2, -0.15) is 0 Å². The Labute approximate surface area is 119 Å². The summed E-state index contributed by atoms with van der Waals surface area (Å²) in [6.07, 6.45) is 4.60. The topological polar surface area (TPSA) is 104 Å². The van der Waals surface area contributed by atoms with Crippen molar-refractivity contribution >= 4 is 17.8 Å². The molecule has 2 atom stereocenters. The number of nitrogens with one attached hydrogen (secondary N) is 1. The van der Waals surface area contributed by atoms with Crippen molar-refractivity contribution in [2.45, 2.75) is 64.8 Å². The average Bonchev–Trinajstić information content (AvgIpc) is 2.38. The number of hydrogen-bond donors (Lipinski definition) is 3. The van der Waals surface area contributed by atoms with E-state index in [1.807, 2.05) is 0 Å². The molecule has 0 heterocycles. The van der Waals surface area contributed by atoms with E-state index in [4.69, 9.17) is 10.2 Å². The van der Waals surface area contributed by atoms with Crippen LogP contribution < -0.4 is 5.32 Å². The first kappa shape index (κ1) is 18.4. The molecule has 0 radical (unpaired) electrons. The number of carboxylic acids is 2. The predicted molar refractivity (Wildman–Crippen MR) is 74.4 cm³/mol. The Morgan fingerprint density at radius 2 is 1.70 bits per heavy atom. The van der Waals surface area contributed by atoms with E-state index in [1.54, 1.807) is 6.92 Å². The van der Waals surface area contributed by atoms with Crippen LogP contribution in [0.3, 0.4) is 0 Å². The lowest BCUT2D eigenvalue weighted by Crippen LogP contribution is -2.43. The van der Waals surface area contributed by atoms with Gasteiger partial charge in [-0.1, -0.05) is 39.5 Å². The summed E-state index contributed by atoms with van der Waals surface area (Å²) in [6.45, 7) is 3.87. The predicted octanol–water partition coefficient (Wildman–Crippen LogP) is 2.03. The summed E-state index contributed by atoms with van der Waals surface area (Å²) in [6, 6.07) is -1.13. The van der Waals surface area contributed by atoms with Gasteiger partial charge in [0.25, 0.3) is 0 Å². The van der Waals surface area contributed by atoms with Crippen LogP contribution in [-0.2, 0) is 14.4 Å². The zero-order chi connectivity index (χ0) is 15.5. The first-order valence-corrected chi connectivity index (χ1v) is 7.13. The van der Waals surface area contributed by atoms with E-state index < -0.39 is 18.0 Å². The Morgan fingerprint density at radius 1 is 1.05 bits per heavy atom. The van der Waals surface area contributed by atoms with Gasteiger partial charge in [0.1, 0.15) is 6.04 Å². The van der Waals surface area contributed by atoms with E-state index in [-0.39, 0.29) is 24.7 Å². The lowest BCUT2D eigenvalue weighted by molar-refractivity contribution is -0.143. The highest BCUT2D eigenvalue weighted by Crippen LogP contribution is 2.11. The van der Waals surface area contributed by atoms with Crippen molar-refractivity contribution in [3.63, 3.8) is 0 Å². The molecular weight excluding hydrogens is 262 g/mol. The van der Waals surface area contributed by atoms with Crippen molar-refractivity contribution in [1.29, 1.82) is 0 Å². The van der Waals surface area contributed by atoms with Gasteiger partial charge in [-0.15, -0.1) is 0 Å². The number of rotatable bonds is 11. The van der Waals surface area contributed by atoms with E-state index in [0.717, 1.165) is 32.1 Å². The molecule has 20 heavy (non-hydrogen) atoms. The molecule has 0 saturated carbocycles. The average molecular weight is 287 g/mol. The fraction of sp³-hybridized carbons (Fsp3) is 0.786. The minimum atomic E-state index is -1.20. The number of aliphatic carboxylic acids is 2. The van der Waals surface area contributed by atoms with Gasteiger partial charge in [0.05, 0.1) is 0 Å². The number of unbranched alkanes of at least 4 members (excludes halogenated alkanes) is 3. The molecule has 116 valence electrons. The quantitative estimate of drug-likeness (QED) is 0.504. The summed E-state index contributed by atoms with van der Waals surface area (Å²) in [5.41, 5.74) is 0. The highest BCUT2D eigenvalue weighted by Gasteiger charge is 2.23. The van der Waals surface area contributed by atoms with Crippen LogP contribution in [0.4, 0.5) is 0 Å². The summed E-state index contributed by atoms with van der Waals surface area (Å²) < 4.78 is 0. The van der Waals surface area contributed by atoms with E-state index >= 15 is 0 Å². The normalized spacial score (nSPS) is 13.5. The van der Waals surface area contributed by atoms with Crippen LogP contribution >= 0.6 is 0 Å². The highest BCUT2D eigenvalue weighted by molar-refractivity contribution is 5.85. The minimum absolute atomic E-state index is 0.0983. The Balaban J connectivity index is 4.16. The monoisotopic (exact) mass is 287 g/mol. The van der Waals surface area contributed by atoms with Crippen LogP contribution in [0, 0.1) is 5.92 Å². The second-order valence-electron chi connectivity index (χ2n) is 5.08. The SMILES string of the molecule is CCCCCCC(C)C(=O)N[C@@H](CCC(=O)O)C(=O)O. The summed E-state index contributed by atoms with van der Waals surface area (Å²) in [5, 5.41) is 19.9. The Morgan fingerprint density at radius 3 is 2.20 bits per heavy atom. The van der Waals surface area contributed by atoms with Crippen LogP contribution in [0.1, 0.15) is 58.8 Å². The van der Waals surface area contributed by atoms with Gasteiger partial charge in [0.15, 0.2) is 0 Å². The third-order valence-electron chi connectivity index (χ3n) is 3.20. The van der Waals surface area contributed by atoms with E-state index in [9.17, 15) is 14.4 Å². The molecule has 1 unspecified atom stereocenters. The van der Waals surface area contributed by atoms with E-state index in [0.29, 0.717) is 0 Å². The maximum Gasteiger partial charge on any atom is 0.326 e. The van der Waals surface area contributed by atoms with Crippen molar-refractivity contribution < 1.29 is 24.6 Å². The first-order chi connectivity index (χ1) is 9.38. The van der Waals surface area contributed by atoms with Crippen molar-refractivity contribution in [1.82, 2.24) is 5.32 Å². The number of hydrogen-bond acceptors (Lipinski definition) is 3. The molecule has 1 amide bonds. The molecule has 0 bridgehead atoms. The molecule has 0 fully saturated rings. The van der Waals surface area contributed by atoms with Crippen molar-refractivity contribution in [2.75, 3.05) is 0 Å². The summed E-state index contributed by atoms with van der Waals surface area (Å²) in [5.74, 6) is -2.84. The maximum absolute atomic E-state index is 11.8. The smallest absolute Gasteiger partial charge is 0.326 e. The van der Waals surface area contributed by atoms with Gasteiger partial charge in [-0.3, -0.25) is 9.59 Å². The molecule has 0 spiro atoms. The summed E-state index contributed by atoms with van der Waals surface area (Å²) in [4.78, 5) is 33.2. The van der Waals surface area contributed by atoms with Crippen molar-refractivity contribution in [3.8, 4) is 0 Å². The summed E-state index contributed by atoms with van der Waals surface area (Å²) in [7, 11) is 0. The number of carbonyl (C=O) groups excluding carboxylic acids is 1. The van der Waals surface area contributed by atoms with Gasteiger partial charge < -0.3 is 15.5 Å². The van der Waals surface area contributed by atoms with Gasteiger partial charge in [0.2, 0.25) is 5.91 Å². The van der Waals surface area contributed by atoms with E-state index in [1.165, 1.54) is 0 Å². The molecule has 0 aliphatic heterocycles. The standard InChI is InChI=1S/C14H25NO5/c1-3-4-5-6-7-10(2)13(18)15-11(14(19)20)8-9-12(16)17/h10-11H,3-9H2,1-2H3,(H,15,18)(H,16,17)(H,19,20)/t10?,11-/m0/s1. The Hall–Kier alpha value is -1.59. The lowest BCUT2D eigenvalue weighted by atomic mass is 10.0. The largest absolute Gasteiger partial charge is 0.481 e.